The van der Waals surface area contributed by atoms with Crippen molar-refractivity contribution in [1.82, 2.24) is 9.55 Å². The van der Waals surface area contributed by atoms with E-state index in [2.05, 4.69) is 26.2 Å². The van der Waals surface area contributed by atoms with Crippen LogP contribution in [0.1, 0.15) is 5.82 Å². The van der Waals surface area contributed by atoms with Gasteiger partial charge in [-0.15, -0.1) is 0 Å². The summed E-state index contributed by atoms with van der Waals surface area (Å²) in [5, 5.41) is 3.67. The molecule has 5 heteroatoms. The number of rotatable bonds is 1. The standard InChI is InChI=1S/C11H12BrN3O/c1-6-14-9-5-10(13-2)8(12)4-7(9)11(16)15(6)3/h4-5,13H,1-3H3. The molecule has 1 N–H and O–H groups in total. The zero-order valence-electron chi connectivity index (χ0n) is 9.34. The molecule has 0 fully saturated rings. The Balaban J connectivity index is 2.92. The summed E-state index contributed by atoms with van der Waals surface area (Å²) in [5.74, 6) is 0.710. The van der Waals surface area contributed by atoms with Crippen LogP contribution < -0.4 is 10.9 Å². The Labute approximate surface area is 101 Å². The van der Waals surface area contributed by atoms with Gasteiger partial charge in [0, 0.05) is 18.6 Å². The number of aromatic nitrogens is 2. The van der Waals surface area contributed by atoms with Gasteiger partial charge in [-0.2, -0.15) is 0 Å². The third kappa shape index (κ3) is 1.61. The fourth-order valence-electron chi connectivity index (χ4n) is 1.59. The zero-order valence-corrected chi connectivity index (χ0v) is 10.9. The van der Waals surface area contributed by atoms with Crippen LogP contribution in [0.15, 0.2) is 21.4 Å². The monoisotopic (exact) mass is 281 g/mol. The van der Waals surface area contributed by atoms with Crippen molar-refractivity contribution in [2.45, 2.75) is 6.92 Å². The molecule has 0 radical (unpaired) electrons. The zero-order chi connectivity index (χ0) is 11.9. The molecule has 84 valence electrons. The van der Waals surface area contributed by atoms with Crippen LogP contribution in [0.4, 0.5) is 5.69 Å². The van der Waals surface area contributed by atoms with E-state index in [4.69, 9.17) is 0 Å². The molecule has 4 nitrogen and oxygen atoms in total. The van der Waals surface area contributed by atoms with Crippen molar-refractivity contribution >= 4 is 32.5 Å². The number of benzene rings is 1. The second-order valence-corrected chi connectivity index (χ2v) is 4.48. The minimum absolute atomic E-state index is 0.0224. The van der Waals surface area contributed by atoms with Crippen LogP contribution in [0.5, 0.6) is 0 Å². The van der Waals surface area contributed by atoms with Crippen molar-refractivity contribution < 1.29 is 0 Å². The molecular weight excluding hydrogens is 270 g/mol. The molecule has 2 rings (SSSR count). The van der Waals surface area contributed by atoms with E-state index in [1.54, 1.807) is 17.7 Å². The van der Waals surface area contributed by atoms with Gasteiger partial charge in [-0.05, 0) is 35.0 Å². The van der Waals surface area contributed by atoms with Crippen LogP contribution in [0.3, 0.4) is 0 Å². The molecule has 0 spiro atoms. The number of hydrogen-bond acceptors (Lipinski definition) is 3. The summed E-state index contributed by atoms with van der Waals surface area (Å²) in [6, 6.07) is 3.67. The van der Waals surface area contributed by atoms with Crippen LogP contribution in [0.25, 0.3) is 10.9 Å². The largest absolute Gasteiger partial charge is 0.387 e. The summed E-state index contributed by atoms with van der Waals surface area (Å²) in [6.45, 7) is 1.82. The number of halogens is 1. The molecule has 0 amide bonds. The van der Waals surface area contributed by atoms with E-state index in [1.807, 2.05) is 20.0 Å². The van der Waals surface area contributed by atoms with Gasteiger partial charge in [0.05, 0.1) is 16.6 Å². The molecule has 1 heterocycles. The highest BCUT2D eigenvalue weighted by Crippen LogP contribution is 2.25. The van der Waals surface area contributed by atoms with E-state index in [0.717, 1.165) is 10.2 Å². The van der Waals surface area contributed by atoms with Gasteiger partial charge < -0.3 is 5.32 Å². The lowest BCUT2D eigenvalue weighted by Gasteiger charge is -2.08. The number of hydrogen-bond donors (Lipinski definition) is 1. The van der Waals surface area contributed by atoms with Gasteiger partial charge in [-0.25, -0.2) is 4.98 Å². The summed E-state index contributed by atoms with van der Waals surface area (Å²) >= 11 is 3.42. The Morgan fingerprint density at radius 1 is 1.44 bits per heavy atom. The molecule has 16 heavy (non-hydrogen) atoms. The Morgan fingerprint density at radius 2 is 2.12 bits per heavy atom. The summed E-state index contributed by atoms with van der Waals surface area (Å²) < 4.78 is 2.42. The summed E-state index contributed by atoms with van der Waals surface area (Å²) in [6.07, 6.45) is 0. The molecule has 1 aromatic carbocycles. The van der Waals surface area contributed by atoms with Gasteiger partial charge >= 0.3 is 0 Å². The van der Waals surface area contributed by atoms with Gasteiger partial charge in [0.1, 0.15) is 5.82 Å². The summed E-state index contributed by atoms with van der Waals surface area (Å²) in [7, 11) is 3.56. The van der Waals surface area contributed by atoms with E-state index >= 15 is 0 Å². The van der Waals surface area contributed by atoms with E-state index in [9.17, 15) is 4.79 Å². The highest BCUT2D eigenvalue weighted by Gasteiger charge is 2.08. The second-order valence-electron chi connectivity index (χ2n) is 3.62. The van der Waals surface area contributed by atoms with Crippen LogP contribution in [0.2, 0.25) is 0 Å². The fraction of sp³-hybridized carbons (Fsp3) is 0.273. The van der Waals surface area contributed by atoms with Gasteiger partial charge in [0.15, 0.2) is 0 Å². The predicted octanol–water partition coefficient (Wildman–Crippen LogP) is 2.05. The molecule has 1 aromatic heterocycles. The number of nitrogens with one attached hydrogen (secondary N) is 1. The highest BCUT2D eigenvalue weighted by atomic mass is 79.9. The number of anilines is 1. The van der Waals surface area contributed by atoms with E-state index in [-0.39, 0.29) is 5.56 Å². The third-order valence-corrected chi connectivity index (χ3v) is 3.31. The Bertz CT molecular complexity index is 619. The van der Waals surface area contributed by atoms with Crippen LogP contribution >= 0.6 is 15.9 Å². The fourth-order valence-corrected chi connectivity index (χ4v) is 2.14. The first-order chi connectivity index (χ1) is 7.54. The predicted molar refractivity (Wildman–Crippen MR) is 69.0 cm³/mol. The van der Waals surface area contributed by atoms with Crippen molar-refractivity contribution in [3.63, 3.8) is 0 Å². The topological polar surface area (TPSA) is 46.9 Å². The Hall–Kier alpha value is -1.36. The van der Waals surface area contributed by atoms with Crippen LogP contribution in [-0.4, -0.2) is 16.6 Å². The van der Waals surface area contributed by atoms with Gasteiger partial charge in [-0.3, -0.25) is 9.36 Å². The van der Waals surface area contributed by atoms with E-state index in [1.165, 1.54) is 0 Å². The van der Waals surface area contributed by atoms with Gasteiger partial charge in [0.2, 0.25) is 0 Å². The lowest BCUT2D eigenvalue weighted by molar-refractivity contribution is 0.792. The Morgan fingerprint density at radius 3 is 2.75 bits per heavy atom. The molecule has 0 saturated heterocycles. The first kappa shape index (κ1) is 11.1. The molecule has 0 aliphatic rings. The summed E-state index contributed by atoms with van der Waals surface area (Å²) in [5.41, 5.74) is 1.62. The molecule has 0 aliphatic carbocycles. The third-order valence-electron chi connectivity index (χ3n) is 2.66. The quantitative estimate of drug-likeness (QED) is 0.870. The lowest BCUT2D eigenvalue weighted by Crippen LogP contribution is -2.20. The highest BCUT2D eigenvalue weighted by molar-refractivity contribution is 9.10. The Kier molecular flexibility index (Phi) is 2.71. The molecule has 2 aromatic rings. The van der Waals surface area contributed by atoms with Crippen molar-refractivity contribution in [2.75, 3.05) is 12.4 Å². The van der Waals surface area contributed by atoms with Crippen LogP contribution in [0, 0.1) is 6.92 Å². The maximum Gasteiger partial charge on any atom is 0.261 e. The molecular formula is C11H12BrN3O. The average Bonchev–Trinajstić information content (AvgIpc) is 2.27. The molecule has 0 aliphatic heterocycles. The second kappa shape index (κ2) is 3.90. The van der Waals surface area contributed by atoms with E-state index < -0.39 is 0 Å². The molecule has 0 unspecified atom stereocenters. The average molecular weight is 282 g/mol. The number of nitrogens with zero attached hydrogens (tertiary/aromatic N) is 2. The van der Waals surface area contributed by atoms with Crippen molar-refractivity contribution in [1.29, 1.82) is 0 Å². The minimum atomic E-state index is -0.0224. The normalized spacial score (nSPS) is 10.8. The molecule has 0 atom stereocenters. The van der Waals surface area contributed by atoms with Crippen LogP contribution in [-0.2, 0) is 7.05 Å². The molecule has 0 saturated carbocycles. The van der Waals surface area contributed by atoms with E-state index in [0.29, 0.717) is 16.7 Å². The first-order valence-electron chi connectivity index (χ1n) is 4.89. The molecule has 0 bridgehead atoms. The minimum Gasteiger partial charge on any atom is -0.387 e. The van der Waals surface area contributed by atoms with Crippen molar-refractivity contribution in [3.05, 3.63) is 32.8 Å². The lowest BCUT2D eigenvalue weighted by atomic mass is 10.2. The van der Waals surface area contributed by atoms with Gasteiger partial charge in [0.25, 0.3) is 5.56 Å². The summed E-state index contributed by atoms with van der Waals surface area (Å²) in [4.78, 5) is 16.4. The number of fused-ring (bicyclic) bond motifs is 1. The first-order valence-corrected chi connectivity index (χ1v) is 5.68. The number of aryl methyl sites for hydroxylation is 1. The van der Waals surface area contributed by atoms with Crippen molar-refractivity contribution in [3.8, 4) is 0 Å². The maximum atomic E-state index is 12.0. The SMILES string of the molecule is CNc1cc2nc(C)n(C)c(=O)c2cc1Br. The maximum absolute atomic E-state index is 12.0. The van der Waals surface area contributed by atoms with Gasteiger partial charge in [-0.1, -0.05) is 0 Å². The smallest absolute Gasteiger partial charge is 0.261 e. The van der Waals surface area contributed by atoms with Crippen molar-refractivity contribution in [2.24, 2.45) is 7.05 Å².